The highest BCUT2D eigenvalue weighted by molar-refractivity contribution is 5.90. The van der Waals surface area contributed by atoms with Gasteiger partial charge >= 0.3 is 6.18 Å². The number of Topliss-reactive ketones (excluding diaryl/α,β-unsaturated/α-hetero) is 1. The molecule has 23 heavy (non-hydrogen) atoms. The number of carbonyl (C=O) groups excluding carboxylic acids is 1. The van der Waals surface area contributed by atoms with Crippen molar-refractivity contribution in [3.63, 3.8) is 0 Å². The summed E-state index contributed by atoms with van der Waals surface area (Å²) in [5.74, 6) is 0.262. The first-order chi connectivity index (χ1) is 10.9. The van der Waals surface area contributed by atoms with Gasteiger partial charge in [0.15, 0.2) is 11.6 Å². The van der Waals surface area contributed by atoms with Crippen molar-refractivity contribution in [3.8, 4) is 0 Å². The SMILES string of the molecule is O=C1COC=C(c2nc(Cc3cccc(C(F)(F)F)c3)no2)C1. The zero-order chi connectivity index (χ0) is 16.4. The molecule has 0 atom stereocenters. The number of halogens is 3. The molecule has 0 radical (unpaired) electrons. The minimum absolute atomic E-state index is 0.00866. The Kier molecular flexibility index (Phi) is 3.89. The summed E-state index contributed by atoms with van der Waals surface area (Å²) in [6.07, 6.45) is -2.80. The molecule has 5 nitrogen and oxygen atoms in total. The number of ketones is 1. The lowest BCUT2D eigenvalue weighted by molar-refractivity contribution is -0.137. The van der Waals surface area contributed by atoms with Crippen LogP contribution < -0.4 is 0 Å². The molecule has 0 bridgehead atoms. The summed E-state index contributed by atoms with van der Waals surface area (Å²) in [6, 6.07) is 4.93. The van der Waals surface area contributed by atoms with Gasteiger partial charge in [0.05, 0.1) is 17.4 Å². The van der Waals surface area contributed by atoms with Crippen LogP contribution in [0, 0.1) is 0 Å². The van der Waals surface area contributed by atoms with Crippen molar-refractivity contribution in [2.45, 2.75) is 19.0 Å². The molecule has 0 saturated heterocycles. The zero-order valence-corrected chi connectivity index (χ0v) is 11.8. The van der Waals surface area contributed by atoms with Gasteiger partial charge in [0.25, 0.3) is 5.89 Å². The lowest BCUT2D eigenvalue weighted by Gasteiger charge is -2.08. The van der Waals surface area contributed by atoms with Gasteiger partial charge in [0.1, 0.15) is 6.61 Å². The van der Waals surface area contributed by atoms with Crippen molar-refractivity contribution < 1.29 is 27.2 Å². The molecule has 3 rings (SSSR count). The second-order valence-electron chi connectivity index (χ2n) is 5.06. The molecule has 0 saturated carbocycles. The van der Waals surface area contributed by atoms with Crippen molar-refractivity contribution in [3.05, 3.63) is 53.4 Å². The van der Waals surface area contributed by atoms with E-state index in [-0.39, 0.29) is 36.9 Å². The molecular weight excluding hydrogens is 313 g/mol. The molecule has 0 fully saturated rings. The molecule has 0 N–H and O–H groups in total. The number of alkyl halides is 3. The van der Waals surface area contributed by atoms with Crippen LogP contribution in [0.2, 0.25) is 0 Å². The van der Waals surface area contributed by atoms with E-state index in [1.807, 2.05) is 0 Å². The van der Waals surface area contributed by atoms with Crippen molar-refractivity contribution in [2.75, 3.05) is 6.61 Å². The third-order valence-corrected chi connectivity index (χ3v) is 3.22. The molecule has 120 valence electrons. The van der Waals surface area contributed by atoms with Gasteiger partial charge in [-0.15, -0.1) is 0 Å². The number of rotatable bonds is 3. The van der Waals surface area contributed by atoms with Crippen LogP contribution in [0.4, 0.5) is 13.2 Å². The molecule has 1 aliphatic rings. The van der Waals surface area contributed by atoms with Crippen molar-refractivity contribution in [1.29, 1.82) is 0 Å². The Hall–Kier alpha value is -2.64. The number of aromatic nitrogens is 2. The lowest BCUT2D eigenvalue weighted by atomic mass is 10.1. The number of nitrogens with zero attached hydrogens (tertiary/aromatic N) is 2. The van der Waals surface area contributed by atoms with E-state index in [9.17, 15) is 18.0 Å². The van der Waals surface area contributed by atoms with Crippen LogP contribution in [-0.4, -0.2) is 22.5 Å². The van der Waals surface area contributed by atoms with E-state index in [0.29, 0.717) is 11.1 Å². The van der Waals surface area contributed by atoms with Gasteiger partial charge in [-0.25, -0.2) is 0 Å². The third-order valence-electron chi connectivity index (χ3n) is 3.22. The predicted octanol–water partition coefficient (Wildman–Crippen LogP) is 3.01. The fourth-order valence-corrected chi connectivity index (χ4v) is 2.16. The van der Waals surface area contributed by atoms with E-state index in [1.54, 1.807) is 6.07 Å². The lowest BCUT2D eigenvalue weighted by Crippen LogP contribution is -2.12. The minimum Gasteiger partial charge on any atom is -0.493 e. The number of ether oxygens (including phenoxy) is 1. The first-order valence-electron chi connectivity index (χ1n) is 6.73. The Morgan fingerprint density at radius 1 is 1.26 bits per heavy atom. The molecule has 1 aromatic heterocycles. The summed E-state index contributed by atoms with van der Waals surface area (Å²) in [4.78, 5) is 15.4. The summed E-state index contributed by atoms with van der Waals surface area (Å²) in [7, 11) is 0. The highest BCUT2D eigenvalue weighted by Gasteiger charge is 2.30. The van der Waals surface area contributed by atoms with E-state index in [2.05, 4.69) is 10.1 Å². The number of allylic oxidation sites excluding steroid dienone is 1. The Bertz CT molecular complexity index is 765. The standard InChI is InChI=1S/C15H11F3N2O3/c16-15(17,18)11-3-1-2-9(4-11)5-13-19-14(23-20-13)10-6-12(21)8-22-7-10/h1-4,7H,5-6,8H2. The van der Waals surface area contributed by atoms with E-state index in [0.717, 1.165) is 12.1 Å². The van der Waals surface area contributed by atoms with Crippen molar-refractivity contribution in [1.82, 2.24) is 10.1 Å². The van der Waals surface area contributed by atoms with E-state index >= 15 is 0 Å². The Morgan fingerprint density at radius 2 is 2.09 bits per heavy atom. The third kappa shape index (κ3) is 3.58. The summed E-state index contributed by atoms with van der Waals surface area (Å²) in [5.41, 5.74) is 0.147. The number of carbonyl (C=O) groups is 1. The van der Waals surface area contributed by atoms with Crippen LogP contribution >= 0.6 is 0 Å². The molecule has 2 aromatic rings. The van der Waals surface area contributed by atoms with Gasteiger partial charge in [-0.05, 0) is 11.6 Å². The van der Waals surface area contributed by atoms with Gasteiger partial charge in [-0.2, -0.15) is 18.2 Å². The molecular formula is C15H11F3N2O3. The molecule has 0 unspecified atom stereocenters. The molecule has 0 aliphatic carbocycles. The van der Waals surface area contributed by atoms with E-state index < -0.39 is 11.7 Å². The second kappa shape index (κ2) is 5.86. The van der Waals surface area contributed by atoms with Crippen LogP contribution in [-0.2, 0) is 22.1 Å². The highest BCUT2D eigenvalue weighted by atomic mass is 19.4. The topological polar surface area (TPSA) is 65.2 Å². The Morgan fingerprint density at radius 3 is 2.83 bits per heavy atom. The molecule has 0 amide bonds. The Balaban J connectivity index is 1.77. The maximum atomic E-state index is 12.7. The van der Waals surface area contributed by atoms with Gasteiger partial charge < -0.3 is 9.26 Å². The van der Waals surface area contributed by atoms with Crippen LogP contribution in [0.25, 0.3) is 5.57 Å². The number of benzene rings is 1. The first-order valence-corrected chi connectivity index (χ1v) is 6.73. The average Bonchev–Trinajstić information content (AvgIpc) is 2.95. The quantitative estimate of drug-likeness (QED) is 0.868. The van der Waals surface area contributed by atoms with Crippen LogP contribution in [0.15, 0.2) is 35.1 Å². The van der Waals surface area contributed by atoms with Gasteiger partial charge in [0.2, 0.25) is 0 Å². The van der Waals surface area contributed by atoms with Crippen molar-refractivity contribution >= 4 is 11.4 Å². The molecule has 1 aromatic carbocycles. The van der Waals surface area contributed by atoms with Crippen LogP contribution in [0.1, 0.15) is 29.3 Å². The summed E-state index contributed by atoms with van der Waals surface area (Å²) >= 11 is 0. The molecule has 0 spiro atoms. The zero-order valence-electron chi connectivity index (χ0n) is 11.8. The van der Waals surface area contributed by atoms with Crippen molar-refractivity contribution in [2.24, 2.45) is 0 Å². The molecule has 8 heteroatoms. The maximum absolute atomic E-state index is 12.7. The summed E-state index contributed by atoms with van der Waals surface area (Å²) in [6.45, 7) is 0.00866. The van der Waals surface area contributed by atoms with E-state index in [4.69, 9.17) is 9.26 Å². The smallest absolute Gasteiger partial charge is 0.416 e. The summed E-state index contributed by atoms with van der Waals surface area (Å²) in [5, 5.41) is 3.73. The number of hydrogen-bond donors (Lipinski definition) is 0. The van der Waals surface area contributed by atoms with Crippen LogP contribution in [0.5, 0.6) is 0 Å². The summed E-state index contributed by atoms with van der Waals surface area (Å²) < 4.78 is 48.1. The largest absolute Gasteiger partial charge is 0.493 e. The number of hydrogen-bond acceptors (Lipinski definition) is 5. The predicted molar refractivity (Wildman–Crippen MR) is 72.1 cm³/mol. The monoisotopic (exact) mass is 324 g/mol. The molecule has 2 heterocycles. The average molecular weight is 324 g/mol. The van der Waals surface area contributed by atoms with Gasteiger partial charge in [-0.1, -0.05) is 23.4 Å². The minimum atomic E-state index is -4.40. The van der Waals surface area contributed by atoms with Gasteiger partial charge in [0, 0.05) is 12.8 Å². The fourth-order valence-electron chi connectivity index (χ4n) is 2.16. The first kappa shape index (κ1) is 15.3. The maximum Gasteiger partial charge on any atom is 0.416 e. The normalized spacial score (nSPS) is 15.3. The molecule has 1 aliphatic heterocycles. The van der Waals surface area contributed by atoms with Crippen LogP contribution in [0.3, 0.4) is 0 Å². The fraction of sp³-hybridized carbons (Fsp3) is 0.267. The van der Waals surface area contributed by atoms with Gasteiger partial charge in [-0.3, -0.25) is 4.79 Å². The Labute approximate surface area is 128 Å². The van der Waals surface area contributed by atoms with E-state index in [1.165, 1.54) is 12.3 Å². The highest BCUT2D eigenvalue weighted by Crippen LogP contribution is 2.30. The second-order valence-corrected chi connectivity index (χ2v) is 5.06.